The third-order valence-corrected chi connectivity index (χ3v) is 4.02. The zero-order valence-electron chi connectivity index (χ0n) is 10.9. The molecule has 9 heteroatoms. The summed E-state index contributed by atoms with van der Waals surface area (Å²) in [5.74, 6) is -1.10. The van der Waals surface area contributed by atoms with E-state index >= 15 is 0 Å². The van der Waals surface area contributed by atoms with Crippen LogP contribution in [0.5, 0.6) is 0 Å². The number of amides is 2. The quantitative estimate of drug-likeness (QED) is 0.620. The highest BCUT2D eigenvalue weighted by molar-refractivity contribution is 7.89. The summed E-state index contributed by atoms with van der Waals surface area (Å²) in [6.45, 7) is 0. The van der Waals surface area contributed by atoms with Crippen LogP contribution < -0.4 is 15.8 Å². The van der Waals surface area contributed by atoms with Crippen LogP contribution >= 0.6 is 0 Å². The predicted molar refractivity (Wildman–Crippen MR) is 74.1 cm³/mol. The number of anilines is 1. The number of carbonyl (C=O) groups excluding carboxylic acids is 1. The first kappa shape index (κ1) is 15.3. The highest BCUT2D eigenvalue weighted by atomic mass is 32.2. The molecular formula is C12H15N3O5S. The number of aliphatic carboxylic acids is 1. The number of nitrogens with two attached hydrogens (primary N) is 1. The lowest BCUT2D eigenvalue weighted by Crippen LogP contribution is -2.44. The van der Waals surface area contributed by atoms with Gasteiger partial charge < -0.3 is 15.7 Å². The van der Waals surface area contributed by atoms with E-state index in [0.717, 1.165) is 12.8 Å². The summed E-state index contributed by atoms with van der Waals surface area (Å²) in [7, 11) is -3.79. The second-order valence-electron chi connectivity index (χ2n) is 4.82. The van der Waals surface area contributed by atoms with E-state index in [1.807, 2.05) is 0 Å². The van der Waals surface area contributed by atoms with Gasteiger partial charge in [0.2, 0.25) is 10.0 Å². The van der Waals surface area contributed by atoms with E-state index in [4.69, 9.17) is 10.2 Å². The molecule has 0 saturated heterocycles. The third kappa shape index (κ3) is 4.17. The van der Waals surface area contributed by atoms with Gasteiger partial charge in [0.25, 0.3) is 0 Å². The van der Waals surface area contributed by atoms with Crippen LogP contribution in [0, 0.1) is 5.92 Å². The number of sulfonamides is 1. The summed E-state index contributed by atoms with van der Waals surface area (Å²) in [4.78, 5) is 22.6. The highest BCUT2D eigenvalue weighted by Gasteiger charge is 2.37. The van der Waals surface area contributed by atoms with Crippen LogP contribution in [0.4, 0.5) is 10.5 Å². The largest absolute Gasteiger partial charge is 0.480 e. The van der Waals surface area contributed by atoms with Crippen LogP contribution in [0.15, 0.2) is 29.2 Å². The van der Waals surface area contributed by atoms with Gasteiger partial charge in [0.1, 0.15) is 6.04 Å². The van der Waals surface area contributed by atoms with E-state index in [-0.39, 0.29) is 10.8 Å². The first-order valence-corrected chi connectivity index (χ1v) is 7.75. The molecule has 1 aliphatic carbocycles. The number of hydrogen-bond donors (Lipinski definition) is 4. The molecule has 8 nitrogen and oxygen atoms in total. The Bertz CT molecular complexity index is 652. The van der Waals surface area contributed by atoms with Crippen molar-refractivity contribution in [3.8, 4) is 0 Å². The van der Waals surface area contributed by atoms with Gasteiger partial charge in [-0.25, -0.2) is 23.1 Å². The fourth-order valence-corrected chi connectivity index (χ4v) is 2.36. The van der Waals surface area contributed by atoms with E-state index in [2.05, 4.69) is 10.6 Å². The molecule has 1 atom stereocenters. The average Bonchev–Trinajstić information content (AvgIpc) is 3.19. The number of carboxylic acid groups (broad SMARTS) is 1. The van der Waals surface area contributed by atoms with Crippen molar-refractivity contribution in [2.24, 2.45) is 11.1 Å². The number of urea groups is 1. The Morgan fingerprint density at radius 1 is 1.24 bits per heavy atom. The Morgan fingerprint density at radius 2 is 1.81 bits per heavy atom. The lowest BCUT2D eigenvalue weighted by molar-refractivity contribution is -0.139. The van der Waals surface area contributed by atoms with E-state index in [0.29, 0.717) is 5.69 Å². The molecule has 2 rings (SSSR count). The lowest BCUT2D eigenvalue weighted by atomic mass is 10.2. The smallest absolute Gasteiger partial charge is 0.326 e. The molecule has 114 valence electrons. The van der Waals surface area contributed by atoms with Crippen molar-refractivity contribution in [3.63, 3.8) is 0 Å². The van der Waals surface area contributed by atoms with Crippen LogP contribution in [0.25, 0.3) is 0 Å². The molecule has 0 spiro atoms. The van der Waals surface area contributed by atoms with Crippen molar-refractivity contribution in [2.45, 2.75) is 23.8 Å². The minimum absolute atomic E-state index is 0.0296. The predicted octanol–water partition coefficient (Wildman–Crippen LogP) is 0.319. The molecule has 1 aliphatic rings. The summed E-state index contributed by atoms with van der Waals surface area (Å²) in [5, 5.41) is 18.8. The SMILES string of the molecule is NS(=O)(=O)c1ccc(NC(=O)NC(C(=O)O)C2CC2)cc1. The summed E-state index contributed by atoms with van der Waals surface area (Å²) in [5.41, 5.74) is 0.333. The van der Waals surface area contributed by atoms with Gasteiger partial charge in [0.15, 0.2) is 0 Å². The molecule has 5 N–H and O–H groups in total. The van der Waals surface area contributed by atoms with E-state index in [1.165, 1.54) is 24.3 Å². The first-order valence-electron chi connectivity index (χ1n) is 6.20. The minimum Gasteiger partial charge on any atom is -0.480 e. The number of primary sulfonamides is 1. The highest BCUT2D eigenvalue weighted by Crippen LogP contribution is 2.32. The van der Waals surface area contributed by atoms with Gasteiger partial charge in [-0.05, 0) is 43.0 Å². The van der Waals surface area contributed by atoms with Gasteiger partial charge in [-0.3, -0.25) is 0 Å². The van der Waals surface area contributed by atoms with Crippen molar-refractivity contribution in [1.82, 2.24) is 5.32 Å². The Hall–Kier alpha value is -2.13. The number of nitrogens with one attached hydrogen (secondary N) is 2. The molecule has 1 saturated carbocycles. The van der Waals surface area contributed by atoms with Crippen LogP contribution in [-0.4, -0.2) is 31.6 Å². The normalized spacial score (nSPS) is 16.0. The van der Waals surface area contributed by atoms with Crippen molar-refractivity contribution < 1.29 is 23.1 Å². The molecular weight excluding hydrogens is 298 g/mol. The average molecular weight is 313 g/mol. The van der Waals surface area contributed by atoms with Gasteiger partial charge in [0, 0.05) is 5.69 Å². The molecule has 21 heavy (non-hydrogen) atoms. The number of carboxylic acids is 1. The molecule has 1 fully saturated rings. The third-order valence-electron chi connectivity index (χ3n) is 3.09. The van der Waals surface area contributed by atoms with Crippen molar-refractivity contribution in [2.75, 3.05) is 5.32 Å². The summed E-state index contributed by atoms with van der Waals surface area (Å²) in [6, 6.07) is 3.67. The zero-order valence-corrected chi connectivity index (χ0v) is 11.8. The topological polar surface area (TPSA) is 139 Å². The van der Waals surface area contributed by atoms with E-state index in [9.17, 15) is 18.0 Å². The van der Waals surface area contributed by atoms with E-state index < -0.39 is 28.1 Å². The number of benzene rings is 1. The number of rotatable bonds is 5. The molecule has 1 unspecified atom stereocenters. The summed E-state index contributed by atoms with van der Waals surface area (Å²) >= 11 is 0. The second kappa shape index (κ2) is 5.70. The Labute approximate surface area is 121 Å². The molecule has 1 aromatic carbocycles. The van der Waals surface area contributed by atoms with Gasteiger partial charge in [-0.2, -0.15) is 0 Å². The van der Waals surface area contributed by atoms with Crippen LogP contribution in [-0.2, 0) is 14.8 Å². The van der Waals surface area contributed by atoms with Crippen LogP contribution in [0.1, 0.15) is 12.8 Å². The molecule has 0 radical (unpaired) electrons. The second-order valence-corrected chi connectivity index (χ2v) is 6.38. The molecule has 2 amide bonds. The lowest BCUT2D eigenvalue weighted by Gasteiger charge is -2.14. The Kier molecular flexibility index (Phi) is 4.14. The maximum Gasteiger partial charge on any atom is 0.326 e. The number of hydrogen-bond acceptors (Lipinski definition) is 4. The van der Waals surface area contributed by atoms with Gasteiger partial charge in [-0.15, -0.1) is 0 Å². The number of carbonyl (C=O) groups is 2. The summed E-state index contributed by atoms with van der Waals surface area (Å²) < 4.78 is 22.2. The molecule has 0 bridgehead atoms. The fraction of sp³-hybridized carbons (Fsp3) is 0.333. The van der Waals surface area contributed by atoms with E-state index in [1.54, 1.807) is 0 Å². The van der Waals surface area contributed by atoms with Gasteiger partial charge in [0.05, 0.1) is 4.90 Å². The standard InChI is InChI=1S/C12H15N3O5S/c13-21(19,20)9-5-3-8(4-6-9)14-12(18)15-10(11(16)17)7-1-2-7/h3-7,10H,1-2H2,(H,16,17)(H2,13,19,20)(H2,14,15,18). The van der Waals surface area contributed by atoms with Gasteiger partial charge >= 0.3 is 12.0 Å². The maximum absolute atomic E-state index is 11.7. The monoisotopic (exact) mass is 313 g/mol. The van der Waals surface area contributed by atoms with Crippen LogP contribution in [0.2, 0.25) is 0 Å². The molecule has 1 aromatic rings. The maximum atomic E-state index is 11.7. The Morgan fingerprint density at radius 3 is 2.24 bits per heavy atom. The van der Waals surface area contributed by atoms with Crippen molar-refractivity contribution in [1.29, 1.82) is 0 Å². The van der Waals surface area contributed by atoms with Crippen LogP contribution in [0.3, 0.4) is 0 Å². The minimum atomic E-state index is -3.79. The Balaban J connectivity index is 1.97. The first-order chi connectivity index (χ1) is 9.77. The molecule has 0 heterocycles. The molecule has 0 aliphatic heterocycles. The fourth-order valence-electron chi connectivity index (χ4n) is 1.85. The summed E-state index contributed by atoms with van der Waals surface area (Å²) in [6.07, 6.45) is 1.56. The zero-order chi connectivity index (χ0) is 15.6. The molecule has 0 aromatic heterocycles. The van der Waals surface area contributed by atoms with Crippen molar-refractivity contribution in [3.05, 3.63) is 24.3 Å². The van der Waals surface area contributed by atoms with Gasteiger partial charge in [-0.1, -0.05) is 0 Å². The van der Waals surface area contributed by atoms with Crippen molar-refractivity contribution >= 4 is 27.7 Å².